The molecule has 1 amide bonds. The maximum absolute atomic E-state index is 13.2. The Morgan fingerprint density at radius 3 is 2.45 bits per heavy atom. The van der Waals surface area contributed by atoms with Crippen molar-refractivity contribution in [3.8, 4) is 5.75 Å². The number of nitrogens with zero attached hydrogens (tertiary/aromatic N) is 2. The van der Waals surface area contributed by atoms with Crippen LogP contribution in [0.2, 0.25) is 5.02 Å². The van der Waals surface area contributed by atoms with Crippen LogP contribution in [-0.4, -0.2) is 32.8 Å². The third-order valence-electron chi connectivity index (χ3n) is 5.31. The molecule has 7 heteroatoms. The molecule has 0 aliphatic carbocycles. The number of ketones is 1. The number of carbonyl (C=O) groups is 2. The normalized spacial score (nSPS) is 17.6. The average molecular weight is 463 g/mol. The van der Waals surface area contributed by atoms with Crippen molar-refractivity contribution in [2.75, 3.05) is 0 Å². The predicted octanol–water partition coefficient (Wildman–Crippen LogP) is 5.14. The van der Waals surface area contributed by atoms with Crippen molar-refractivity contribution in [1.29, 1.82) is 0 Å². The van der Waals surface area contributed by atoms with Crippen LogP contribution >= 0.6 is 11.6 Å². The number of carbonyl (C=O) groups excluding carboxylic acids is 2. The average Bonchev–Trinajstić information content (AvgIpc) is 3.04. The summed E-state index contributed by atoms with van der Waals surface area (Å²) in [5, 5.41) is 11.8. The van der Waals surface area contributed by atoms with E-state index in [2.05, 4.69) is 4.98 Å². The fourth-order valence-corrected chi connectivity index (χ4v) is 3.99. The minimum Gasteiger partial charge on any atom is -0.507 e. The van der Waals surface area contributed by atoms with Gasteiger partial charge in [-0.25, -0.2) is 0 Å². The van der Waals surface area contributed by atoms with Crippen molar-refractivity contribution in [1.82, 2.24) is 9.88 Å². The lowest BCUT2D eigenvalue weighted by molar-refractivity contribution is -0.140. The zero-order chi connectivity index (χ0) is 23.5. The molecule has 1 unspecified atom stereocenters. The van der Waals surface area contributed by atoms with Gasteiger partial charge >= 0.3 is 0 Å². The lowest BCUT2D eigenvalue weighted by Crippen LogP contribution is -2.29. The molecule has 0 saturated carbocycles. The van der Waals surface area contributed by atoms with Gasteiger partial charge < -0.3 is 14.7 Å². The summed E-state index contributed by atoms with van der Waals surface area (Å²) in [4.78, 5) is 31.7. The number of aliphatic hydroxyl groups excluding tert-OH is 1. The van der Waals surface area contributed by atoms with E-state index in [0.29, 0.717) is 21.9 Å². The minimum atomic E-state index is -0.773. The highest BCUT2D eigenvalue weighted by Crippen LogP contribution is 2.40. The van der Waals surface area contributed by atoms with Gasteiger partial charge in [0.15, 0.2) is 0 Å². The van der Waals surface area contributed by atoms with E-state index in [4.69, 9.17) is 16.3 Å². The Bertz CT molecular complexity index is 1210. The lowest BCUT2D eigenvalue weighted by Gasteiger charge is -2.25. The smallest absolute Gasteiger partial charge is 0.295 e. The molecule has 1 aromatic heterocycles. The number of Topliss-reactive ketones (excluding diaryl/α,β-unsaturated/α-hetero) is 1. The first kappa shape index (κ1) is 22.6. The highest BCUT2D eigenvalue weighted by molar-refractivity contribution is 6.46. The SMILES string of the molecule is CC(C)Oc1cccc(/C(O)=C2/C(=O)C(=O)N(Cc3ccncc3)C2c2ccc(Cl)cc2)c1. The number of hydrogen-bond donors (Lipinski definition) is 1. The van der Waals surface area contributed by atoms with Crippen LogP contribution in [0.15, 0.2) is 78.6 Å². The van der Waals surface area contributed by atoms with Crippen LogP contribution in [0.4, 0.5) is 0 Å². The summed E-state index contributed by atoms with van der Waals surface area (Å²) in [5.74, 6) is -1.11. The fraction of sp³-hybridized carbons (Fsp3) is 0.192. The second-order valence-corrected chi connectivity index (χ2v) is 8.46. The van der Waals surface area contributed by atoms with Crippen LogP contribution < -0.4 is 4.74 Å². The number of pyridine rings is 1. The molecular formula is C26H23ClN2O4. The van der Waals surface area contributed by atoms with Gasteiger partial charge in [-0.2, -0.15) is 0 Å². The van der Waals surface area contributed by atoms with E-state index in [0.717, 1.165) is 5.56 Å². The predicted molar refractivity (Wildman–Crippen MR) is 126 cm³/mol. The Hall–Kier alpha value is -3.64. The quantitative estimate of drug-likeness (QED) is 0.311. The molecule has 0 bridgehead atoms. The largest absolute Gasteiger partial charge is 0.507 e. The van der Waals surface area contributed by atoms with Crippen LogP contribution in [0.3, 0.4) is 0 Å². The molecule has 1 N–H and O–H groups in total. The fourth-order valence-electron chi connectivity index (χ4n) is 3.86. The zero-order valence-electron chi connectivity index (χ0n) is 18.2. The first-order valence-corrected chi connectivity index (χ1v) is 10.9. The van der Waals surface area contributed by atoms with Crippen molar-refractivity contribution in [3.63, 3.8) is 0 Å². The van der Waals surface area contributed by atoms with E-state index in [1.54, 1.807) is 73.1 Å². The van der Waals surface area contributed by atoms with Crippen molar-refractivity contribution < 1.29 is 19.4 Å². The van der Waals surface area contributed by atoms with Gasteiger partial charge in [-0.05, 0) is 61.4 Å². The molecule has 1 atom stereocenters. The lowest BCUT2D eigenvalue weighted by atomic mass is 9.95. The molecule has 6 nitrogen and oxygen atoms in total. The Labute approximate surface area is 197 Å². The molecule has 3 aromatic rings. The molecule has 4 rings (SSSR count). The highest BCUT2D eigenvalue weighted by Gasteiger charge is 2.46. The summed E-state index contributed by atoms with van der Waals surface area (Å²) in [6, 6.07) is 16.5. The maximum Gasteiger partial charge on any atom is 0.295 e. The molecule has 2 aromatic carbocycles. The van der Waals surface area contributed by atoms with E-state index < -0.39 is 17.7 Å². The Morgan fingerprint density at radius 1 is 1.09 bits per heavy atom. The molecule has 2 heterocycles. The number of ether oxygens (including phenoxy) is 1. The monoisotopic (exact) mass is 462 g/mol. The molecule has 0 radical (unpaired) electrons. The third-order valence-corrected chi connectivity index (χ3v) is 5.56. The standard InChI is InChI=1S/C26H23ClN2O4/c1-16(2)33-21-5-3-4-19(14-21)24(30)22-23(18-6-8-20(27)9-7-18)29(26(32)25(22)31)15-17-10-12-28-13-11-17/h3-14,16,23,30H,15H2,1-2H3/b24-22-. The summed E-state index contributed by atoms with van der Waals surface area (Å²) in [5.41, 5.74) is 1.91. The number of benzene rings is 2. The van der Waals surface area contributed by atoms with E-state index in [9.17, 15) is 14.7 Å². The van der Waals surface area contributed by atoms with Gasteiger partial charge in [-0.3, -0.25) is 14.6 Å². The topological polar surface area (TPSA) is 79.7 Å². The van der Waals surface area contributed by atoms with Gasteiger partial charge in [-0.15, -0.1) is 0 Å². The van der Waals surface area contributed by atoms with Gasteiger partial charge in [0.1, 0.15) is 11.5 Å². The van der Waals surface area contributed by atoms with Gasteiger partial charge in [-0.1, -0.05) is 35.9 Å². The summed E-state index contributed by atoms with van der Waals surface area (Å²) in [6.45, 7) is 3.99. The molecular weight excluding hydrogens is 440 g/mol. The zero-order valence-corrected chi connectivity index (χ0v) is 19.0. The van der Waals surface area contributed by atoms with Crippen molar-refractivity contribution >= 4 is 29.1 Å². The molecule has 1 saturated heterocycles. The van der Waals surface area contributed by atoms with Gasteiger partial charge in [0.2, 0.25) is 0 Å². The first-order valence-electron chi connectivity index (χ1n) is 10.5. The molecule has 168 valence electrons. The van der Waals surface area contributed by atoms with Crippen molar-refractivity contribution in [3.05, 3.63) is 100 Å². The van der Waals surface area contributed by atoms with E-state index in [-0.39, 0.29) is 24.0 Å². The maximum atomic E-state index is 13.2. The molecule has 0 spiro atoms. The second kappa shape index (κ2) is 9.46. The summed E-state index contributed by atoms with van der Waals surface area (Å²) >= 11 is 6.07. The third kappa shape index (κ3) is 4.76. The second-order valence-electron chi connectivity index (χ2n) is 8.03. The van der Waals surface area contributed by atoms with Crippen molar-refractivity contribution in [2.45, 2.75) is 32.5 Å². The van der Waals surface area contributed by atoms with Gasteiger partial charge in [0, 0.05) is 29.5 Å². The van der Waals surface area contributed by atoms with E-state index in [1.807, 2.05) is 13.8 Å². The van der Waals surface area contributed by atoms with Crippen LogP contribution in [0.1, 0.15) is 36.6 Å². The van der Waals surface area contributed by atoms with Crippen molar-refractivity contribution in [2.24, 2.45) is 0 Å². The minimum absolute atomic E-state index is 0.0260. The van der Waals surface area contributed by atoms with E-state index in [1.165, 1.54) is 4.90 Å². The number of aliphatic hydroxyl groups is 1. The van der Waals surface area contributed by atoms with Crippen LogP contribution in [0.25, 0.3) is 5.76 Å². The Morgan fingerprint density at radius 2 is 1.79 bits per heavy atom. The molecule has 1 aliphatic heterocycles. The van der Waals surface area contributed by atoms with E-state index >= 15 is 0 Å². The van der Waals surface area contributed by atoms with Crippen LogP contribution in [-0.2, 0) is 16.1 Å². The highest BCUT2D eigenvalue weighted by atomic mass is 35.5. The molecule has 33 heavy (non-hydrogen) atoms. The number of amides is 1. The van der Waals surface area contributed by atoms with Gasteiger partial charge in [0.05, 0.1) is 17.7 Å². The first-order chi connectivity index (χ1) is 15.8. The Kier molecular flexibility index (Phi) is 6.47. The van der Waals surface area contributed by atoms with Crippen LogP contribution in [0, 0.1) is 0 Å². The summed E-state index contributed by atoms with van der Waals surface area (Å²) in [7, 11) is 0. The molecule has 1 aliphatic rings. The summed E-state index contributed by atoms with van der Waals surface area (Å²) < 4.78 is 5.72. The number of rotatable bonds is 6. The molecule has 1 fully saturated rings. The van der Waals surface area contributed by atoms with Crippen LogP contribution in [0.5, 0.6) is 5.75 Å². The van der Waals surface area contributed by atoms with Gasteiger partial charge in [0.25, 0.3) is 11.7 Å². The number of aromatic nitrogens is 1. The Balaban J connectivity index is 1.83. The number of halogens is 1. The number of hydrogen-bond acceptors (Lipinski definition) is 5. The number of likely N-dealkylation sites (tertiary alicyclic amines) is 1. The summed E-state index contributed by atoms with van der Waals surface area (Å²) in [6.07, 6.45) is 3.20.